The maximum absolute atomic E-state index is 13.2. The van der Waals surface area contributed by atoms with Gasteiger partial charge in [0.15, 0.2) is 11.6 Å². The highest BCUT2D eigenvalue weighted by Gasteiger charge is 2.14. The van der Waals surface area contributed by atoms with Gasteiger partial charge in [0.25, 0.3) is 0 Å². The summed E-state index contributed by atoms with van der Waals surface area (Å²) < 4.78 is 27.7. The first-order chi connectivity index (χ1) is 8.60. The number of hydrogen-bond acceptors (Lipinski definition) is 3. The molecule has 0 aliphatic carbocycles. The summed E-state index contributed by atoms with van der Waals surface area (Å²) >= 11 is 0. The summed E-state index contributed by atoms with van der Waals surface area (Å²) in [6.45, 7) is 0. The van der Waals surface area contributed by atoms with Gasteiger partial charge in [-0.2, -0.15) is 5.10 Å². The fourth-order valence-corrected chi connectivity index (χ4v) is 1.78. The normalized spacial score (nSPS) is 12.7. The quantitative estimate of drug-likeness (QED) is 0.639. The summed E-state index contributed by atoms with van der Waals surface area (Å²) in [6, 6.07) is 5.28. The fraction of sp³-hybridized carbons (Fsp3) is 0.250. The molecule has 1 aromatic carbocycles. The Kier molecular flexibility index (Phi) is 3.69. The number of benzene rings is 1. The van der Waals surface area contributed by atoms with E-state index in [4.69, 9.17) is 5.84 Å². The van der Waals surface area contributed by atoms with Crippen LogP contribution in [0.3, 0.4) is 0 Å². The lowest BCUT2D eigenvalue weighted by Crippen LogP contribution is -2.29. The Labute approximate surface area is 103 Å². The van der Waals surface area contributed by atoms with E-state index in [1.54, 1.807) is 4.68 Å². The van der Waals surface area contributed by atoms with Crippen LogP contribution in [0.15, 0.2) is 30.5 Å². The van der Waals surface area contributed by atoms with Crippen LogP contribution < -0.4 is 11.3 Å². The highest BCUT2D eigenvalue weighted by atomic mass is 19.2. The molecular formula is C12H14F2N4. The highest BCUT2D eigenvalue weighted by Crippen LogP contribution is 2.19. The van der Waals surface area contributed by atoms with Gasteiger partial charge in [-0.3, -0.25) is 16.0 Å². The van der Waals surface area contributed by atoms with E-state index < -0.39 is 11.6 Å². The predicted molar refractivity (Wildman–Crippen MR) is 63.3 cm³/mol. The molecule has 0 bridgehead atoms. The van der Waals surface area contributed by atoms with E-state index in [1.807, 2.05) is 19.3 Å². The lowest BCUT2D eigenvalue weighted by molar-refractivity contribution is 0.495. The Bertz CT molecular complexity index is 539. The van der Waals surface area contributed by atoms with Crippen molar-refractivity contribution in [1.82, 2.24) is 15.2 Å². The molecule has 96 valence electrons. The predicted octanol–water partition coefficient (Wildman–Crippen LogP) is 1.45. The number of halogens is 2. The van der Waals surface area contributed by atoms with Crippen molar-refractivity contribution in [1.29, 1.82) is 0 Å². The van der Waals surface area contributed by atoms with Gasteiger partial charge < -0.3 is 0 Å². The fourth-order valence-electron chi connectivity index (χ4n) is 1.78. The van der Waals surface area contributed by atoms with Crippen LogP contribution in [0.4, 0.5) is 8.78 Å². The van der Waals surface area contributed by atoms with Crippen LogP contribution in [0.25, 0.3) is 0 Å². The molecule has 18 heavy (non-hydrogen) atoms. The van der Waals surface area contributed by atoms with Crippen LogP contribution in [0.5, 0.6) is 0 Å². The van der Waals surface area contributed by atoms with Crippen molar-refractivity contribution in [2.24, 2.45) is 12.9 Å². The third-order valence-corrected chi connectivity index (χ3v) is 2.73. The maximum Gasteiger partial charge on any atom is 0.159 e. The highest BCUT2D eigenvalue weighted by molar-refractivity contribution is 5.22. The number of rotatable bonds is 4. The number of hydrazine groups is 1. The molecule has 0 spiro atoms. The van der Waals surface area contributed by atoms with Crippen molar-refractivity contribution in [3.63, 3.8) is 0 Å². The third kappa shape index (κ3) is 2.72. The SMILES string of the molecule is Cn1ccc(CC(NN)c2ccc(F)c(F)c2)n1. The molecule has 2 aromatic rings. The molecule has 2 rings (SSSR count). The molecule has 3 N–H and O–H groups in total. The van der Waals surface area contributed by atoms with Crippen LogP contribution in [0.1, 0.15) is 17.3 Å². The van der Waals surface area contributed by atoms with Gasteiger partial charge in [-0.25, -0.2) is 8.78 Å². The van der Waals surface area contributed by atoms with E-state index in [-0.39, 0.29) is 6.04 Å². The lowest BCUT2D eigenvalue weighted by atomic mass is 10.0. The molecule has 1 atom stereocenters. The zero-order valence-corrected chi connectivity index (χ0v) is 9.90. The first kappa shape index (κ1) is 12.7. The minimum Gasteiger partial charge on any atom is -0.276 e. The Morgan fingerprint density at radius 1 is 1.33 bits per heavy atom. The summed E-state index contributed by atoms with van der Waals surface area (Å²) in [4.78, 5) is 0. The van der Waals surface area contributed by atoms with Crippen molar-refractivity contribution in [3.05, 3.63) is 53.4 Å². The zero-order valence-electron chi connectivity index (χ0n) is 9.90. The molecule has 0 radical (unpaired) electrons. The first-order valence-electron chi connectivity index (χ1n) is 5.49. The molecule has 0 aliphatic rings. The van der Waals surface area contributed by atoms with E-state index in [0.29, 0.717) is 12.0 Å². The summed E-state index contributed by atoms with van der Waals surface area (Å²) in [5.74, 6) is 3.70. The number of nitrogens with zero attached hydrogens (tertiary/aromatic N) is 2. The van der Waals surface area contributed by atoms with Gasteiger partial charge in [-0.15, -0.1) is 0 Å². The van der Waals surface area contributed by atoms with E-state index in [9.17, 15) is 8.78 Å². The standard InChI is InChI=1S/C12H14F2N4/c1-18-5-4-9(17-18)7-12(16-15)8-2-3-10(13)11(14)6-8/h2-6,12,16H,7,15H2,1H3. The number of aromatic nitrogens is 2. The average Bonchev–Trinajstić information content (AvgIpc) is 2.75. The second-order valence-corrected chi connectivity index (χ2v) is 4.08. The molecule has 1 heterocycles. The van der Waals surface area contributed by atoms with Crippen molar-refractivity contribution < 1.29 is 8.78 Å². The number of nitrogens with two attached hydrogens (primary N) is 1. The first-order valence-corrected chi connectivity index (χ1v) is 5.49. The molecule has 0 aliphatic heterocycles. The Hall–Kier alpha value is -1.79. The second-order valence-electron chi connectivity index (χ2n) is 4.08. The average molecular weight is 252 g/mol. The maximum atomic E-state index is 13.2. The minimum atomic E-state index is -0.881. The van der Waals surface area contributed by atoms with E-state index >= 15 is 0 Å². The summed E-state index contributed by atoms with van der Waals surface area (Å²) in [6.07, 6.45) is 2.32. The van der Waals surface area contributed by atoms with E-state index in [0.717, 1.165) is 17.8 Å². The van der Waals surface area contributed by atoms with Crippen LogP contribution in [-0.4, -0.2) is 9.78 Å². The molecule has 0 saturated heterocycles. The molecule has 1 unspecified atom stereocenters. The van der Waals surface area contributed by atoms with Crippen LogP contribution in [0, 0.1) is 11.6 Å². The molecule has 1 aromatic heterocycles. The molecular weight excluding hydrogens is 238 g/mol. The van der Waals surface area contributed by atoms with Gasteiger partial charge >= 0.3 is 0 Å². The Morgan fingerprint density at radius 3 is 2.67 bits per heavy atom. The van der Waals surface area contributed by atoms with E-state index in [1.165, 1.54) is 6.07 Å². The van der Waals surface area contributed by atoms with Crippen molar-refractivity contribution >= 4 is 0 Å². The number of aryl methyl sites for hydroxylation is 1. The van der Waals surface area contributed by atoms with Crippen LogP contribution >= 0.6 is 0 Å². The third-order valence-electron chi connectivity index (χ3n) is 2.73. The van der Waals surface area contributed by atoms with Crippen LogP contribution in [-0.2, 0) is 13.5 Å². The second kappa shape index (κ2) is 5.24. The Morgan fingerprint density at radius 2 is 2.11 bits per heavy atom. The minimum absolute atomic E-state index is 0.310. The van der Waals surface area contributed by atoms with E-state index in [2.05, 4.69) is 10.5 Å². The van der Waals surface area contributed by atoms with Crippen LogP contribution in [0.2, 0.25) is 0 Å². The van der Waals surface area contributed by atoms with Gasteiger partial charge in [0, 0.05) is 19.7 Å². The summed E-state index contributed by atoms with van der Waals surface area (Å²) in [7, 11) is 1.81. The number of hydrogen-bond donors (Lipinski definition) is 2. The molecule has 6 heteroatoms. The summed E-state index contributed by atoms with van der Waals surface area (Å²) in [5.41, 5.74) is 3.99. The van der Waals surface area contributed by atoms with Gasteiger partial charge in [-0.1, -0.05) is 6.07 Å². The largest absolute Gasteiger partial charge is 0.276 e. The van der Waals surface area contributed by atoms with Crippen molar-refractivity contribution in [2.75, 3.05) is 0 Å². The summed E-state index contributed by atoms with van der Waals surface area (Å²) in [5, 5.41) is 4.22. The number of nitrogens with one attached hydrogen (secondary N) is 1. The lowest BCUT2D eigenvalue weighted by Gasteiger charge is -2.15. The topological polar surface area (TPSA) is 55.9 Å². The molecule has 0 amide bonds. The zero-order chi connectivity index (χ0) is 13.1. The Balaban J connectivity index is 2.19. The van der Waals surface area contributed by atoms with Gasteiger partial charge in [0.05, 0.1) is 11.7 Å². The smallest absolute Gasteiger partial charge is 0.159 e. The van der Waals surface area contributed by atoms with Gasteiger partial charge in [0.2, 0.25) is 0 Å². The van der Waals surface area contributed by atoms with Gasteiger partial charge in [0.1, 0.15) is 0 Å². The van der Waals surface area contributed by atoms with Gasteiger partial charge in [-0.05, 0) is 23.8 Å². The molecule has 0 fully saturated rings. The monoisotopic (exact) mass is 252 g/mol. The van der Waals surface area contributed by atoms with Crippen molar-refractivity contribution in [2.45, 2.75) is 12.5 Å². The molecule has 4 nitrogen and oxygen atoms in total. The van der Waals surface area contributed by atoms with Crippen molar-refractivity contribution in [3.8, 4) is 0 Å². The molecule has 0 saturated carbocycles.